The number of benzene rings is 1. The van der Waals surface area contributed by atoms with Gasteiger partial charge < -0.3 is 9.90 Å². The minimum atomic E-state index is -1.22. The Balaban J connectivity index is 0.00000128. The van der Waals surface area contributed by atoms with Crippen molar-refractivity contribution in [2.45, 2.75) is 6.92 Å². The fraction of sp³-hybridized carbons (Fsp3) is 0.0909. The van der Waals surface area contributed by atoms with Crippen LogP contribution in [0.4, 0.5) is 0 Å². The second kappa shape index (κ2) is 5.59. The zero-order valence-corrected chi connectivity index (χ0v) is 11.9. The monoisotopic (exact) mass is 241 g/mol. The van der Waals surface area contributed by atoms with E-state index in [0.717, 1.165) is 27.5 Å². The van der Waals surface area contributed by atoms with Gasteiger partial charge in [-0.05, 0) is 6.92 Å². The zero-order chi connectivity index (χ0) is 10.8. The summed E-state index contributed by atoms with van der Waals surface area (Å²) in [7, 11) is 0. The number of carboxylic acids is 1. The molecule has 0 radical (unpaired) electrons. The second-order valence-corrected chi connectivity index (χ2v) is 4.28. The average molecular weight is 241 g/mol. The van der Waals surface area contributed by atoms with Gasteiger partial charge in [0, 0.05) is 10.4 Å². The summed E-state index contributed by atoms with van der Waals surface area (Å²) in [4.78, 5) is 15.6. The Kier molecular flexibility index (Phi) is 4.68. The summed E-state index contributed by atoms with van der Waals surface area (Å²) in [5, 5.41) is 10.7. The molecule has 5 heteroatoms. The fourth-order valence-corrected chi connectivity index (χ4v) is 2.12. The summed E-state index contributed by atoms with van der Waals surface area (Å²) in [6, 6.07) is 9.51. The predicted molar refractivity (Wildman–Crippen MR) is 56.6 cm³/mol. The quantitative estimate of drug-likeness (QED) is 0.600. The van der Waals surface area contributed by atoms with Gasteiger partial charge in [-0.25, -0.2) is 4.98 Å². The van der Waals surface area contributed by atoms with Gasteiger partial charge in [-0.1, -0.05) is 30.3 Å². The van der Waals surface area contributed by atoms with Crippen molar-refractivity contribution in [1.29, 1.82) is 0 Å². The van der Waals surface area contributed by atoms with Gasteiger partial charge in [0.05, 0.1) is 5.69 Å². The number of carboxylic acid groups (broad SMARTS) is 1. The van der Waals surface area contributed by atoms with Crippen molar-refractivity contribution in [1.82, 2.24) is 4.98 Å². The van der Waals surface area contributed by atoms with E-state index in [1.54, 1.807) is 0 Å². The van der Waals surface area contributed by atoms with Crippen LogP contribution in [0.15, 0.2) is 30.3 Å². The molecule has 0 unspecified atom stereocenters. The van der Waals surface area contributed by atoms with E-state index in [1.165, 1.54) is 0 Å². The molecule has 0 amide bonds. The van der Waals surface area contributed by atoms with Gasteiger partial charge in [-0.15, -0.1) is 11.3 Å². The Morgan fingerprint density at radius 1 is 1.31 bits per heavy atom. The summed E-state index contributed by atoms with van der Waals surface area (Å²) in [6.45, 7) is 1.85. The van der Waals surface area contributed by atoms with Crippen LogP contribution < -0.4 is 34.7 Å². The van der Waals surface area contributed by atoms with Crippen molar-refractivity contribution in [2.24, 2.45) is 0 Å². The van der Waals surface area contributed by atoms with Gasteiger partial charge in [0.2, 0.25) is 0 Å². The molecule has 2 rings (SSSR count). The number of nitrogens with zero attached hydrogens (tertiary/aromatic N) is 1. The Labute approximate surface area is 119 Å². The zero-order valence-electron chi connectivity index (χ0n) is 9.06. The van der Waals surface area contributed by atoms with Gasteiger partial charge in [0.15, 0.2) is 0 Å². The average Bonchev–Trinajstić information content (AvgIpc) is 2.62. The third-order valence-electron chi connectivity index (χ3n) is 2.02. The second-order valence-electron chi connectivity index (χ2n) is 3.08. The van der Waals surface area contributed by atoms with Crippen LogP contribution in [-0.2, 0) is 0 Å². The maximum atomic E-state index is 10.6. The molecular formula is C11H8NNaO2S. The van der Waals surface area contributed by atoms with Crippen molar-refractivity contribution < 1.29 is 39.5 Å². The van der Waals surface area contributed by atoms with E-state index in [1.807, 2.05) is 37.3 Å². The molecule has 0 fully saturated rings. The van der Waals surface area contributed by atoms with Crippen LogP contribution in [-0.4, -0.2) is 11.0 Å². The van der Waals surface area contributed by atoms with Gasteiger partial charge in [0.1, 0.15) is 11.0 Å². The first-order valence-electron chi connectivity index (χ1n) is 4.42. The molecular weight excluding hydrogens is 233 g/mol. The smallest absolute Gasteiger partial charge is 0.542 e. The van der Waals surface area contributed by atoms with E-state index in [2.05, 4.69) is 4.98 Å². The summed E-state index contributed by atoms with van der Waals surface area (Å²) in [5.41, 5.74) is 1.65. The molecule has 0 saturated carbocycles. The SMILES string of the molecule is Cc1sc(C(=O)[O-])nc1-c1ccccc1.[Na+]. The van der Waals surface area contributed by atoms with Crippen molar-refractivity contribution in [3.63, 3.8) is 0 Å². The molecule has 0 N–H and O–H groups in total. The van der Waals surface area contributed by atoms with Crippen LogP contribution in [0.3, 0.4) is 0 Å². The molecule has 0 aliphatic heterocycles. The number of hydrogen-bond donors (Lipinski definition) is 0. The predicted octanol–water partition coefficient (Wildman–Crippen LogP) is -1.51. The number of thiazole rings is 1. The summed E-state index contributed by atoms with van der Waals surface area (Å²) >= 11 is 1.14. The van der Waals surface area contributed by atoms with Crippen molar-refractivity contribution in [3.05, 3.63) is 40.2 Å². The number of carbonyl (C=O) groups is 1. The number of hydrogen-bond acceptors (Lipinski definition) is 4. The van der Waals surface area contributed by atoms with E-state index in [0.29, 0.717) is 0 Å². The minimum Gasteiger partial charge on any atom is -0.542 e. The molecule has 1 heterocycles. The maximum absolute atomic E-state index is 10.6. The van der Waals surface area contributed by atoms with Crippen LogP contribution in [0.5, 0.6) is 0 Å². The van der Waals surface area contributed by atoms with Gasteiger partial charge in [0.25, 0.3) is 0 Å². The molecule has 0 bridgehead atoms. The fourth-order valence-electron chi connectivity index (χ4n) is 1.35. The van der Waals surface area contributed by atoms with Crippen LogP contribution in [0.1, 0.15) is 14.7 Å². The molecule has 16 heavy (non-hydrogen) atoms. The first-order valence-corrected chi connectivity index (χ1v) is 5.24. The molecule has 0 spiro atoms. The maximum Gasteiger partial charge on any atom is 1.00 e. The Bertz CT molecular complexity index is 496. The van der Waals surface area contributed by atoms with Crippen LogP contribution in [0.25, 0.3) is 11.3 Å². The number of carbonyl (C=O) groups excluding carboxylic acids is 1. The normalized spacial score (nSPS) is 9.56. The van der Waals surface area contributed by atoms with E-state index in [4.69, 9.17) is 0 Å². The van der Waals surface area contributed by atoms with Crippen LogP contribution in [0, 0.1) is 6.92 Å². The Morgan fingerprint density at radius 3 is 2.44 bits per heavy atom. The molecule has 0 atom stereocenters. The van der Waals surface area contributed by atoms with Gasteiger partial charge in [-0.3, -0.25) is 0 Å². The van der Waals surface area contributed by atoms with Crippen LogP contribution >= 0.6 is 11.3 Å². The molecule has 2 aromatic rings. The Hall–Kier alpha value is -0.680. The molecule has 1 aromatic carbocycles. The van der Waals surface area contributed by atoms with E-state index in [9.17, 15) is 9.90 Å². The summed E-state index contributed by atoms with van der Waals surface area (Å²) < 4.78 is 0. The van der Waals surface area contributed by atoms with E-state index >= 15 is 0 Å². The molecule has 0 saturated heterocycles. The molecule has 3 nitrogen and oxygen atoms in total. The van der Waals surface area contributed by atoms with Gasteiger partial charge in [-0.2, -0.15) is 0 Å². The number of rotatable bonds is 2. The largest absolute Gasteiger partial charge is 1.00 e. The topological polar surface area (TPSA) is 53.0 Å². The minimum absolute atomic E-state index is 0. The summed E-state index contributed by atoms with van der Waals surface area (Å²) in [6.07, 6.45) is 0. The van der Waals surface area contributed by atoms with Crippen LogP contribution in [0.2, 0.25) is 0 Å². The molecule has 0 aliphatic rings. The third kappa shape index (κ3) is 2.71. The molecule has 76 valence electrons. The van der Waals surface area contributed by atoms with Crippen molar-refractivity contribution in [3.8, 4) is 11.3 Å². The number of aryl methyl sites for hydroxylation is 1. The molecule has 1 aromatic heterocycles. The third-order valence-corrected chi connectivity index (χ3v) is 2.97. The van der Waals surface area contributed by atoms with Crippen molar-refractivity contribution >= 4 is 17.3 Å². The number of aromatic nitrogens is 1. The first kappa shape index (κ1) is 13.4. The van der Waals surface area contributed by atoms with E-state index < -0.39 is 5.97 Å². The number of aromatic carboxylic acids is 1. The summed E-state index contributed by atoms with van der Waals surface area (Å²) in [5.74, 6) is -1.22. The Morgan fingerprint density at radius 2 is 1.94 bits per heavy atom. The van der Waals surface area contributed by atoms with Gasteiger partial charge >= 0.3 is 29.6 Å². The van der Waals surface area contributed by atoms with E-state index in [-0.39, 0.29) is 34.6 Å². The van der Waals surface area contributed by atoms with Crippen molar-refractivity contribution in [2.75, 3.05) is 0 Å². The molecule has 0 aliphatic carbocycles. The standard InChI is InChI=1S/C11H9NO2S.Na/c1-7-9(8-5-3-2-4-6-8)12-10(15-7)11(13)14;/h2-6H,1H3,(H,13,14);/q;+1/p-1. The first-order chi connectivity index (χ1) is 7.18.